The maximum absolute atomic E-state index is 2.52. The van der Waals surface area contributed by atoms with Crippen molar-refractivity contribution < 1.29 is 0 Å². The average molecular weight is 230 g/mol. The van der Waals surface area contributed by atoms with Crippen LogP contribution >= 0.6 is 0 Å². The van der Waals surface area contributed by atoms with Crippen molar-refractivity contribution in [2.24, 2.45) is 0 Å². The van der Waals surface area contributed by atoms with E-state index in [1.807, 2.05) is 0 Å². The Balaban J connectivity index is 1.88. The summed E-state index contributed by atoms with van der Waals surface area (Å²) in [4.78, 5) is 4.91. The van der Waals surface area contributed by atoms with Gasteiger partial charge in [-0.3, -0.25) is 4.90 Å². The van der Waals surface area contributed by atoms with Crippen molar-refractivity contribution >= 4 is 5.57 Å². The third kappa shape index (κ3) is 3.69. The van der Waals surface area contributed by atoms with Crippen molar-refractivity contribution in [1.29, 1.82) is 0 Å². The molecule has 0 radical (unpaired) electrons. The first-order chi connectivity index (χ1) is 8.25. The second kappa shape index (κ2) is 5.99. The van der Waals surface area contributed by atoms with Crippen molar-refractivity contribution in [1.82, 2.24) is 9.80 Å². The van der Waals surface area contributed by atoms with E-state index in [-0.39, 0.29) is 0 Å². The van der Waals surface area contributed by atoms with E-state index in [4.69, 9.17) is 0 Å². The number of benzene rings is 1. The molecule has 0 unspecified atom stereocenters. The maximum Gasteiger partial charge on any atom is 0.0170 e. The number of rotatable bonds is 3. The van der Waals surface area contributed by atoms with Gasteiger partial charge in [-0.1, -0.05) is 36.4 Å². The van der Waals surface area contributed by atoms with E-state index >= 15 is 0 Å². The SMILES string of the molecule is C/C(=C\CN1CCN(C)CC1)c1ccccc1. The van der Waals surface area contributed by atoms with Gasteiger partial charge in [0.1, 0.15) is 0 Å². The molecular weight excluding hydrogens is 208 g/mol. The fraction of sp³-hybridized carbons (Fsp3) is 0.467. The average Bonchev–Trinajstić information content (AvgIpc) is 2.39. The van der Waals surface area contributed by atoms with Gasteiger partial charge in [-0.05, 0) is 25.1 Å². The molecule has 1 aromatic carbocycles. The first-order valence-electron chi connectivity index (χ1n) is 6.39. The minimum atomic E-state index is 1.08. The summed E-state index contributed by atoms with van der Waals surface area (Å²) in [7, 11) is 2.20. The zero-order chi connectivity index (χ0) is 12.1. The number of likely N-dealkylation sites (N-methyl/N-ethyl adjacent to an activating group) is 1. The normalized spacial score (nSPS) is 19.5. The fourth-order valence-electron chi connectivity index (χ4n) is 2.12. The van der Waals surface area contributed by atoms with Gasteiger partial charge in [-0.2, -0.15) is 0 Å². The Labute approximate surface area is 105 Å². The Bertz CT molecular complexity index is 362. The molecule has 0 N–H and O–H groups in total. The largest absolute Gasteiger partial charge is 0.304 e. The predicted octanol–water partition coefficient (Wildman–Crippen LogP) is 2.34. The van der Waals surface area contributed by atoms with Crippen LogP contribution in [0.15, 0.2) is 36.4 Å². The molecule has 17 heavy (non-hydrogen) atoms. The van der Waals surface area contributed by atoms with Crippen LogP contribution in [-0.2, 0) is 0 Å². The summed E-state index contributed by atoms with van der Waals surface area (Å²) in [6.45, 7) is 8.04. The number of nitrogens with zero attached hydrogens (tertiary/aromatic N) is 2. The van der Waals surface area contributed by atoms with E-state index < -0.39 is 0 Å². The number of hydrogen-bond donors (Lipinski definition) is 0. The van der Waals surface area contributed by atoms with Gasteiger partial charge in [0.25, 0.3) is 0 Å². The van der Waals surface area contributed by atoms with Crippen LogP contribution in [0.4, 0.5) is 0 Å². The lowest BCUT2D eigenvalue weighted by molar-refractivity contribution is 0.166. The van der Waals surface area contributed by atoms with Gasteiger partial charge >= 0.3 is 0 Å². The summed E-state index contributed by atoms with van der Waals surface area (Å²) < 4.78 is 0. The summed E-state index contributed by atoms with van der Waals surface area (Å²) in [6.07, 6.45) is 2.35. The van der Waals surface area contributed by atoms with Crippen molar-refractivity contribution in [3.63, 3.8) is 0 Å². The molecule has 1 aliphatic rings. The molecule has 0 aliphatic carbocycles. The van der Waals surface area contributed by atoms with E-state index in [9.17, 15) is 0 Å². The zero-order valence-corrected chi connectivity index (χ0v) is 10.9. The van der Waals surface area contributed by atoms with Crippen molar-refractivity contribution in [3.05, 3.63) is 42.0 Å². The highest BCUT2D eigenvalue weighted by Gasteiger charge is 2.11. The maximum atomic E-state index is 2.52. The molecule has 92 valence electrons. The van der Waals surface area contributed by atoms with E-state index in [0.29, 0.717) is 0 Å². The summed E-state index contributed by atoms with van der Waals surface area (Å²) in [5.41, 5.74) is 2.71. The van der Waals surface area contributed by atoms with Gasteiger partial charge in [-0.15, -0.1) is 0 Å². The molecule has 2 nitrogen and oxygen atoms in total. The summed E-state index contributed by atoms with van der Waals surface area (Å²) >= 11 is 0. The Morgan fingerprint density at radius 3 is 2.41 bits per heavy atom. The van der Waals surface area contributed by atoms with Crippen LogP contribution in [0.3, 0.4) is 0 Å². The summed E-state index contributed by atoms with van der Waals surface area (Å²) in [5.74, 6) is 0. The van der Waals surface area contributed by atoms with Crippen LogP contribution in [0.2, 0.25) is 0 Å². The van der Waals surface area contributed by atoms with Crippen molar-refractivity contribution in [3.8, 4) is 0 Å². The molecule has 0 aromatic heterocycles. The molecule has 1 saturated heterocycles. The minimum absolute atomic E-state index is 1.08. The number of allylic oxidation sites excluding steroid dienone is 1. The first-order valence-corrected chi connectivity index (χ1v) is 6.39. The molecule has 0 saturated carbocycles. The van der Waals surface area contributed by atoms with Crippen LogP contribution in [0.5, 0.6) is 0 Å². The highest BCUT2D eigenvalue weighted by Crippen LogP contribution is 2.12. The monoisotopic (exact) mass is 230 g/mol. The van der Waals surface area contributed by atoms with Gasteiger partial charge in [0, 0.05) is 32.7 Å². The molecule has 2 heteroatoms. The molecule has 0 bridgehead atoms. The molecular formula is C15H22N2. The lowest BCUT2D eigenvalue weighted by atomic mass is 10.1. The van der Waals surface area contributed by atoms with E-state index in [1.54, 1.807) is 0 Å². The highest BCUT2D eigenvalue weighted by atomic mass is 15.2. The lowest BCUT2D eigenvalue weighted by Gasteiger charge is -2.31. The molecule has 1 fully saturated rings. The second-order valence-electron chi connectivity index (χ2n) is 4.86. The fourth-order valence-corrected chi connectivity index (χ4v) is 2.12. The van der Waals surface area contributed by atoms with Crippen molar-refractivity contribution in [2.75, 3.05) is 39.8 Å². The Morgan fingerprint density at radius 2 is 1.76 bits per heavy atom. The predicted molar refractivity (Wildman–Crippen MR) is 74.0 cm³/mol. The molecule has 2 rings (SSSR count). The third-order valence-corrected chi connectivity index (χ3v) is 3.48. The zero-order valence-electron chi connectivity index (χ0n) is 10.9. The lowest BCUT2D eigenvalue weighted by Crippen LogP contribution is -2.44. The smallest absolute Gasteiger partial charge is 0.0170 e. The number of hydrogen-bond acceptors (Lipinski definition) is 2. The molecule has 0 atom stereocenters. The summed E-state index contributed by atoms with van der Waals surface area (Å²) in [5, 5.41) is 0. The molecule has 1 aromatic rings. The highest BCUT2D eigenvalue weighted by molar-refractivity contribution is 5.63. The minimum Gasteiger partial charge on any atom is -0.304 e. The van der Waals surface area contributed by atoms with Crippen LogP contribution in [-0.4, -0.2) is 49.6 Å². The van der Waals surface area contributed by atoms with Crippen LogP contribution in [0.1, 0.15) is 12.5 Å². The molecule has 1 heterocycles. The van der Waals surface area contributed by atoms with Crippen molar-refractivity contribution in [2.45, 2.75) is 6.92 Å². The van der Waals surface area contributed by atoms with Gasteiger partial charge in [0.2, 0.25) is 0 Å². The molecule has 1 aliphatic heterocycles. The third-order valence-electron chi connectivity index (χ3n) is 3.48. The summed E-state index contributed by atoms with van der Waals surface area (Å²) in [6, 6.07) is 10.6. The van der Waals surface area contributed by atoms with Crippen LogP contribution < -0.4 is 0 Å². The first kappa shape index (κ1) is 12.3. The number of piperazine rings is 1. The Hall–Kier alpha value is -1.12. The second-order valence-corrected chi connectivity index (χ2v) is 4.86. The van der Waals surface area contributed by atoms with Gasteiger partial charge < -0.3 is 4.90 Å². The van der Waals surface area contributed by atoms with Crippen LogP contribution in [0, 0.1) is 0 Å². The van der Waals surface area contributed by atoms with Gasteiger partial charge in [0.15, 0.2) is 0 Å². The molecule has 0 spiro atoms. The van der Waals surface area contributed by atoms with Gasteiger partial charge in [0.05, 0.1) is 0 Å². The Morgan fingerprint density at radius 1 is 1.12 bits per heavy atom. The van der Waals surface area contributed by atoms with E-state index in [2.05, 4.69) is 60.2 Å². The topological polar surface area (TPSA) is 6.48 Å². The van der Waals surface area contributed by atoms with Crippen LogP contribution in [0.25, 0.3) is 5.57 Å². The van der Waals surface area contributed by atoms with E-state index in [1.165, 1.54) is 37.3 Å². The van der Waals surface area contributed by atoms with E-state index in [0.717, 1.165) is 6.54 Å². The Kier molecular flexibility index (Phi) is 4.35. The standard InChI is InChI=1S/C15H22N2/c1-14(15-6-4-3-5-7-15)8-9-17-12-10-16(2)11-13-17/h3-8H,9-13H2,1-2H3/b14-8+. The molecule has 0 amide bonds. The quantitative estimate of drug-likeness (QED) is 0.786. The van der Waals surface area contributed by atoms with Gasteiger partial charge in [-0.25, -0.2) is 0 Å².